The molecule has 2 atom stereocenters. The molecule has 6 rings (SSSR count). The highest BCUT2D eigenvalue weighted by molar-refractivity contribution is 5.93. The third-order valence-corrected chi connectivity index (χ3v) is 9.53. The number of amides is 1. The number of carbonyl (C=O) groups is 1. The number of pyridine rings is 1. The van der Waals surface area contributed by atoms with Crippen molar-refractivity contribution in [2.45, 2.75) is 83.8 Å². The number of hydrogen-bond acceptors (Lipinski definition) is 8. The summed E-state index contributed by atoms with van der Waals surface area (Å²) in [6.07, 6.45) is 8.08. The summed E-state index contributed by atoms with van der Waals surface area (Å²) in [6.45, 7) is 10.1. The van der Waals surface area contributed by atoms with E-state index < -0.39 is 0 Å². The minimum atomic E-state index is -0.0975. The molecule has 0 spiro atoms. The fourth-order valence-electron chi connectivity index (χ4n) is 6.75. The van der Waals surface area contributed by atoms with Gasteiger partial charge in [-0.15, -0.1) is 0 Å². The molecule has 9 nitrogen and oxygen atoms in total. The number of aromatic nitrogens is 1. The number of hydrogen-bond donors (Lipinski definition) is 1. The SMILES string of the molecule is Cc1cc(OCCCN2C[C@@H](C)N(C)[C@@H](C)C2)c2oc3cc(Oc4ccc(CCC(=O)NC5CCCC5)nc4)ccc3c(=O)c2c1. The smallest absolute Gasteiger partial charge is 0.220 e. The fourth-order valence-corrected chi connectivity index (χ4v) is 6.75. The molecule has 1 aliphatic heterocycles. The van der Waals surface area contributed by atoms with Crippen LogP contribution >= 0.6 is 0 Å². The molecule has 46 heavy (non-hydrogen) atoms. The van der Waals surface area contributed by atoms with E-state index in [1.807, 2.05) is 31.2 Å². The lowest BCUT2D eigenvalue weighted by Gasteiger charge is -2.42. The van der Waals surface area contributed by atoms with Gasteiger partial charge in [0, 0.05) is 55.9 Å². The summed E-state index contributed by atoms with van der Waals surface area (Å²) in [7, 11) is 2.20. The maximum absolute atomic E-state index is 13.5. The third-order valence-electron chi connectivity index (χ3n) is 9.53. The Hall–Kier alpha value is -3.95. The number of likely N-dealkylation sites (N-methyl/N-ethyl adjacent to an activating group) is 1. The maximum Gasteiger partial charge on any atom is 0.220 e. The first-order chi connectivity index (χ1) is 22.2. The van der Waals surface area contributed by atoms with Crippen LogP contribution < -0.4 is 20.2 Å². The van der Waals surface area contributed by atoms with Crippen LogP contribution in [0.1, 0.15) is 63.6 Å². The fraction of sp³-hybridized carbons (Fsp3) is 0.486. The second-order valence-electron chi connectivity index (χ2n) is 13.2. The van der Waals surface area contributed by atoms with E-state index in [0.29, 0.717) is 76.8 Å². The van der Waals surface area contributed by atoms with Gasteiger partial charge in [-0.2, -0.15) is 0 Å². The van der Waals surface area contributed by atoms with E-state index in [-0.39, 0.29) is 11.3 Å². The molecule has 0 unspecified atom stereocenters. The zero-order valence-corrected chi connectivity index (χ0v) is 27.5. The second kappa shape index (κ2) is 14.2. The van der Waals surface area contributed by atoms with E-state index in [1.165, 1.54) is 12.8 Å². The molecule has 244 valence electrons. The van der Waals surface area contributed by atoms with Crippen LogP contribution in [0, 0.1) is 6.92 Å². The highest BCUT2D eigenvalue weighted by atomic mass is 16.5. The Bertz CT molecular complexity index is 1720. The van der Waals surface area contributed by atoms with Gasteiger partial charge in [-0.25, -0.2) is 0 Å². The molecular weight excluding hydrogens is 580 g/mol. The molecule has 1 saturated heterocycles. The van der Waals surface area contributed by atoms with Crippen molar-refractivity contribution in [2.75, 3.05) is 33.3 Å². The zero-order valence-electron chi connectivity index (χ0n) is 27.5. The standard InChI is InChI=1S/C37H46N4O5/c1-24-18-32-36(43)31-14-13-29(45-30-12-10-27(38-21-30)11-15-35(42)39-28-8-5-6-9-28)20-33(31)46-37(32)34(19-24)44-17-7-16-41-22-25(2)40(4)26(3)23-41/h10,12-14,18-21,25-26,28H,5-9,11,15-17,22-23H2,1-4H3,(H,39,42)/t25-,26+. The number of aryl methyl sites for hydroxylation is 2. The van der Waals surface area contributed by atoms with Gasteiger partial charge < -0.3 is 24.1 Å². The molecule has 2 aromatic carbocycles. The van der Waals surface area contributed by atoms with E-state index >= 15 is 0 Å². The van der Waals surface area contributed by atoms with Crippen molar-refractivity contribution in [1.29, 1.82) is 0 Å². The monoisotopic (exact) mass is 626 g/mol. The van der Waals surface area contributed by atoms with Crippen LogP contribution in [-0.2, 0) is 11.2 Å². The topological polar surface area (TPSA) is 97.1 Å². The Labute approximate surface area is 270 Å². The lowest BCUT2D eigenvalue weighted by molar-refractivity contribution is -0.121. The number of nitrogens with one attached hydrogen (secondary N) is 1. The molecule has 1 aliphatic carbocycles. The van der Waals surface area contributed by atoms with Crippen molar-refractivity contribution >= 4 is 27.8 Å². The number of nitrogens with zero attached hydrogens (tertiary/aromatic N) is 3. The molecule has 2 aromatic heterocycles. The summed E-state index contributed by atoms with van der Waals surface area (Å²) in [5.41, 5.74) is 2.56. The van der Waals surface area contributed by atoms with Crippen LogP contribution in [0.2, 0.25) is 0 Å². The predicted octanol–water partition coefficient (Wildman–Crippen LogP) is 6.23. The van der Waals surface area contributed by atoms with E-state index in [4.69, 9.17) is 13.9 Å². The number of fused-ring (bicyclic) bond motifs is 2. The Morgan fingerprint density at radius 2 is 1.78 bits per heavy atom. The van der Waals surface area contributed by atoms with Gasteiger partial charge in [-0.1, -0.05) is 12.8 Å². The molecule has 4 aromatic rings. The van der Waals surface area contributed by atoms with Gasteiger partial charge in [-0.3, -0.25) is 19.5 Å². The van der Waals surface area contributed by atoms with Crippen LogP contribution in [0.4, 0.5) is 0 Å². The van der Waals surface area contributed by atoms with Crippen molar-refractivity contribution < 1.29 is 18.7 Å². The van der Waals surface area contributed by atoms with Gasteiger partial charge in [0.15, 0.2) is 11.3 Å². The number of benzene rings is 2. The molecule has 1 saturated carbocycles. The van der Waals surface area contributed by atoms with Crippen molar-refractivity contribution in [3.05, 3.63) is 70.1 Å². The van der Waals surface area contributed by atoms with Gasteiger partial charge in [0.2, 0.25) is 11.3 Å². The van der Waals surface area contributed by atoms with E-state index in [2.05, 4.69) is 41.0 Å². The lowest BCUT2D eigenvalue weighted by atomic mass is 10.1. The van der Waals surface area contributed by atoms with Crippen LogP contribution in [0.25, 0.3) is 21.9 Å². The average Bonchev–Trinajstić information content (AvgIpc) is 3.55. The molecule has 1 amide bonds. The van der Waals surface area contributed by atoms with E-state index in [1.54, 1.807) is 24.4 Å². The number of rotatable bonds is 11. The molecule has 0 bridgehead atoms. The molecule has 2 aliphatic rings. The van der Waals surface area contributed by atoms with E-state index in [0.717, 1.165) is 50.2 Å². The highest BCUT2D eigenvalue weighted by Crippen LogP contribution is 2.31. The third kappa shape index (κ3) is 7.53. The van der Waals surface area contributed by atoms with Crippen LogP contribution in [0.15, 0.2) is 57.9 Å². The summed E-state index contributed by atoms with van der Waals surface area (Å²) in [5.74, 6) is 1.76. The molecular formula is C37H46N4O5. The van der Waals surface area contributed by atoms with Crippen molar-refractivity contribution in [2.24, 2.45) is 0 Å². The summed E-state index contributed by atoms with van der Waals surface area (Å²) in [4.78, 5) is 35.2. The first-order valence-electron chi connectivity index (χ1n) is 16.7. The van der Waals surface area contributed by atoms with Crippen molar-refractivity contribution in [1.82, 2.24) is 20.1 Å². The van der Waals surface area contributed by atoms with Gasteiger partial charge >= 0.3 is 0 Å². The Morgan fingerprint density at radius 3 is 2.52 bits per heavy atom. The lowest BCUT2D eigenvalue weighted by Crippen LogP contribution is -2.55. The molecule has 0 radical (unpaired) electrons. The van der Waals surface area contributed by atoms with Crippen LogP contribution in [-0.4, -0.2) is 72.1 Å². The molecule has 1 N–H and O–H groups in total. The second-order valence-corrected chi connectivity index (χ2v) is 13.2. The largest absolute Gasteiger partial charge is 0.490 e. The number of piperazine rings is 1. The predicted molar refractivity (Wildman–Crippen MR) is 181 cm³/mol. The highest BCUT2D eigenvalue weighted by Gasteiger charge is 2.26. The van der Waals surface area contributed by atoms with Gasteiger partial charge in [0.1, 0.15) is 17.1 Å². The van der Waals surface area contributed by atoms with Crippen LogP contribution in [0.5, 0.6) is 17.2 Å². The Morgan fingerprint density at radius 1 is 1.02 bits per heavy atom. The minimum Gasteiger partial charge on any atom is -0.490 e. The molecule has 9 heteroatoms. The summed E-state index contributed by atoms with van der Waals surface area (Å²) >= 11 is 0. The number of ether oxygens (including phenoxy) is 2. The Kier molecular flexibility index (Phi) is 9.89. The first kappa shape index (κ1) is 32.0. The van der Waals surface area contributed by atoms with Gasteiger partial charge in [-0.05, 0) is 95.5 Å². The maximum atomic E-state index is 13.5. The Balaban J connectivity index is 1.11. The molecule has 3 heterocycles. The van der Waals surface area contributed by atoms with E-state index in [9.17, 15) is 9.59 Å². The minimum absolute atomic E-state index is 0.0814. The van der Waals surface area contributed by atoms with Gasteiger partial charge in [0.05, 0.1) is 23.6 Å². The average molecular weight is 627 g/mol. The van der Waals surface area contributed by atoms with Crippen molar-refractivity contribution in [3.8, 4) is 17.2 Å². The first-order valence-corrected chi connectivity index (χ1v) is 16.7. The summed E-state index contributed by atoms with van der Waals surface area (Å²) in [6, 6.07) is 14.1. The van der Waals surface area contributed by atoms with Crippen LogP contribution in [0.3, 0.4) is 0 Å². The summed E-state index contributed by atoms with van der Waals surface area (Å²) < 4.78 is 18.6. The van der Waals surface area contributed by atoms with Gasteiger partial charge in [0.25, 0.3) is 0 Å². The molecule has 2 fully saturated rings. The normalized spacial score (nSPS) is 19.6. The van der Waals surface area contributed by atoms with Crippen molar-refractivity contribution in [3.63, 3.8) is 0 Å². The number of carbonyl (C=O) groups excluding carboxylic acids is 1. The zero-order chi connectivity index (χ0) is 32.2. The summed E-state index contributed by atoms with van der Waals surface area (Å²) in [5, 5.41) is 4.12. The quantitative estimate of drug-likeness (QED) is 0.155.